The number of ether oxygens (including phenoxy) is 1. The highest BCUT2D eigenvalue weighted by molar-refractivity contribution is 5.94. The fourth-order valence-electron chi connectivity index (χ4n) is 2.53. The Balaban J connectivity index is 1.81. The van der Waals surface area contributed by atoms with Crippen molar-refractivity contribution in [1.29, 1.82) is 0 Å². The fraction of sp³-hybridized carbons (Fsp3) is 0.381. The highest BCUT2D eigenvalue weighted by Gasteiger charge is 2.08. The molecule has 7 nitrogen and oxygen atoms in total. The molecule has 2 rings (SSSR count). The summed E-state index contributed by atoms with van der Waals surface area (Å²) in [7, 11) is 3.51. The van der Waals surface area contributed by atoms with Gasteiger partial charge in [0.15, 0.2) is 5.96 Å². The highest BCUT2D eigenvalue weighted by atomic mass is 16.5. The fourth-order valence-corrected chi connectivity index (χ4v) is 2.53. The number of benzene rings is 1. The van der Waals surface area contributed by atoms with Crippen LogP contribution in [0.2, 0.25) is 0 Å². The molecule has 0 saturated carbocycles. The standard InChI is InChI=1S/C21H29N5O2/c1-4-23-21(25-13-14-28-19-9-6-11-22-16-19)24-12-10-17-7-5-8-18(15-17)20(27)26(2)3/h5-9,11,15-16H,4,10,12-14H2,1-3H3,(H2,23,24,25). The smallest absolute Gasteiger partial charge is 0.253 e. The molecule has 0 fully saturated rings. The molecule has 7 heteroatoms. The summed E-state index contributed by atoms with van der Waals surface area (Å²) in [5.41, 5.74) is 1.79. The van der Waals surface area contributed by atoms with Gasteiger partial charge in [-0.3, -0.25) is 14.8 Å². The van der Waals surface area contributed by atoms with Crippen LogP contribution >= 0.6 is 0 Å². The minimum absolute atomic E-state index is 0.00831. The maximum atomic E-state index is 12.1. The number of aromatic nitrogens is 1. The van der Waals surface area contributed by atoms with Crippen LogP contribution in [0.5, 0.6) is 5.75 Å². The van der Waals surface area contributed by atoms with Gasteiger partial charge in [0.25, 0.3) is 5.91 Å². The SMILES string of the molecule is CCNC(=NCCc1cccc(C(=O)N(C)C)c1)NCCOc1cccnc1. The van der Waals surface area contributed by atoms with E-state index in [-0.39, 0.29) is 5.91 Å². The van der Waals surface area contributed by atoms with Crippen molar-refractivity contribution in [2.75, 3.05) is 40.3 Å². The Morgan fingerprint density at radius 3 is 2.79 bits per heavy atom. The number of nitrogens with zero attached hydrogens (tertiary/aromatic N) is 3. The number of nitrogens with one attached hydrogen (secondary N) is 2. The summed E-state index contributed by atoms with van der Waals surface area (Å²) in [6, 6.07) is 11.4. The average Bonchev–Trinajstić information content (AvgIpc) is 2.71. The minimum atomic E-state index is 0.00831. The van der Waals surface area contributed by atoms with Crippen LogP contribution in [-0.2, 0) is 6.42 Å². The first kappa shape index (κ1) is 21.2. The van der Waals surface area contributed by atoms with Gasteiger partial charge in [-0.15, -0.1) is 0 Å². The van der Waals surface area contributed by atoms with E-state index in [2.05, 4.69) is 20.6 Å². The lowest BCUT2D eigenvalue weighted by molar-refractivity contribution is 0.0827. The molecule has 28 heavy (non-hydrogen) atoms. The molecule has 0 atom stereocenters. The summed E-state index contributed by atoms with van der Waals surface area (Å²) in [4.78, 5) is 22.3. The third kappa shape index (κ3) is 7.26. The molecule has 0 saturated heterocycles. The molecule has 1 amide bonds. The van der Waals surface area contributed by atoms with Crippen LogP contribution in [0, 0.1) is 0 Å². The van der Waals surface area contributed by atoms with Crippen LogP contribution in [0.1, 0.15) is 22.8 Å². The number of rotatable bonds is 9. The zero-order chi connectivity index (χ0) is 20.2. The topological polar surface area (TPSA) is 78.9 Å². The summed E-state index contributed by atoms with van der Waals surface area (Å²) in [5, 5.41) is 6.48. The third-order valence-corrected chi connectivity index (χ3v) is 3.89. The quantitative estimate of drug-likeness (QED) is 0.393. The van der Waals surface area contributed by atoms with E-state index in [1.54, 1.807) is 31.4 Å². The highest BCUT2D eigenvalue weighted by Crippen LogP contribution is 2.08. The Hall–Kier alpha value is -3.09. The number of hydrogen-bond donors (Lipinski definition) is 2. The Labute approximate surface area is 166 Å². The van der Waals surface area contributed by atoms with Crippen molar-refractivity contribution >= 4 is 11.9 Å². The maximum absolute atomic E-state index is 12.1. The summed E-state index contributed by atoms with van der Waals surface area (Å²) < 4.78 is 5.62. The van der Waals surface area contributed by atoms with E-state index in [0.29, 0.717) is 25.3 Å². The average molecular weight is 383 g/mol. The van der Waals surface area contributed by atoms with Crippen molar-refractivity contribution in [2.24, 2.45) is 4.99 Å². The van der Waals surface area contributed by atoms with Gasteiger partial charge in [0.2, 0.25) is 0 Å². The van der Waals surface area contributed by atoms with E-state index in [1.165, 1.54) is 0 Å². The number of amides is 1. The van der Waals surface area contributed by atoms with Gasteiger partial charge in [0.05, 0.1) is 12.7 Å². The molecule has 0 bridgehead atoms. The first-order valence-electron chi connectivity index (χ1n) is 9.45. The summed E-state index contributed by atoms with van der Waals surface area (Å²) in [6.45, 7) is 4.58. The Morgan fingerprint density at radius 2 is 2.07 bits per heavy atom. The molecule has 0 radical (unpaired) electrons. The molecule has 0 unspecified atom stereocenters. The van der Waals surface area contributed by atoms with Crippen molar-refractivity contribution in [3.8, 4) is 5.75 Å². The molecule has 0 spiro atoms. The first-order valence-corrected chi connectivity index (χ1v) is 9.45. The lowest BCUT2D eigenvalue weighted by atomic mass is 10.1. The monoisotopic (exact) mass is 383 g/mol. The Bertz CT molecular complexity index is 762. The minimum Gasteiger partial charge on any atom is -0.490 e. The largest absolute Gasteiger partial charge is 0.490 e. The molecule has 0 aliphatic carbocycles. The van der Waals surface area contributed by atoms with Crippen molar-refractivity contribution in [3.63, 3.8) is 0 Å². The maximum Gasteiger partial charge on any atom is 0.253 e. The molecule has 0 aliphatic heterocycles. The Kier molecular flexibility index (Phi) is 8.78. The molecular formula is C21H29N5O2. The van der Waals surface area contributed by atoms with Crippen LogP contribution in [0.4, 0.5) is 0 Å². The second kappa shape index (κ2) is 11.6. The number of hydrogen-bond acceptors (Lipinski definition) is 4. The van der Waals surface area contributed by atoms with Gasteiger partial charge in [0.1, 0.15) is 12.4 Å². The van der Waals surface area contributed by atoms with Gasteiger partial charge in [-0.1, -0.05) is 12.1 Å². The van der Waals surface area contributed by atoms with Crippen LogP contribution < -0.4 is 15.4 Å². The van der Waals surface area contributed by atoms with Gasteiger partial charge in [-0.2, -0.15) is 0 Å². The molecule has 0 aliphatic rings. The van der Waals surface area contributed by atoms with Crippen molar-refractivity contribution in [3.05, 3.63) is 59.9 Å². The predicted octanol–water partition coefficient (Wildman–Crippen LogP) is 1.96. The zero-order valence-electron chi connectivity index (χ0n) is 16.8. The molecule has 1 aromatic carbocycles. The predicted molar refractivity (Wildman–Crippen MR) is 112 cm³/mol. The second-order valence-corrected chi connectivity index (χ2v) is 6.37. The van der Waals surface area contributed by atoms with Crippen molar-refractivity contribution < 1.29 is 9.53 Å². The number of pyridine rings is 1. The van der Waals surface area contributed by atoms with Crippen LogP contribution in [-0.4, -0.2) is 62.1 Å². The van der Waals surface area contributed by atoms with Gasteiger partial charge < -0.3 is 20.3 Å². The van der Waals surface area contributed by atoms with Gasteiger partial charge in [0, 0.05) is 38.9 Å². The first-order chi connectivity index (χ1) is 13.6. The lowest BCUT2D eigenvalue weighted by Gasteiger charge is -2.12. The van der Waals surface area contributed by atoms with E-state index >= 15 is 0 Å². The second-order valence-electron chi connectivity index (χ2n) is 6.37. The van der Waals surface area contributed by atoms with E-state index in [1.807, 2.05) is 43.3 Å². The molecule has 1 aromatic heterocycles. The van der Waals surface area contributed by atoms with E-state index in [9.17, 15) is 4.79 Å². The third-order valence-electron chi connectivity index (χ3n) is 3.89. The summed E-state index contributed by atoms with van der Waals surface area (Å²) in [5.74, 6) is 1.50. The summed E-state index contributed by atoms with van der Waals surface area (Å²) in [6.07, 6.45) is 4.17. The number of carbonyl (C=O) groups is 1. The zero-order valence-corrected chi connectivity index (χ0v) is 16.8. The molecule has 2 aromatic rings. The van der Waals surface area contributed by atoms with E-state index < -0.39 is 0 Å². The van der Waals surface area contributed by atoms with E-state index in [0.717, 1.165) is 30.2 Å². The normalized spacial score (nSPS) is 11.0. The lowest BCUT2D eigenvalue weighted by Crippen LogP contribution is -2.39. The van der Waals surface area contributed by atoms with Gasteiger partial charge >= 0.3 is 0 Å². The summed E-state index contributed by atoms with van der Waals surface area (Å²) >= 11 is 0. The van der Waals surface area contributed by atoms with Crippen LogP contribution in [0.15, 0.2) is 53.8 Å². The number of aliphatic imine (C=N–C) groups is 1. The Morgan fingerprint density at radius 1 is 1.21 bits per heavy atom. The molecule has 2 N–H and O–H groups in total. The number of carbonyl (C=O) groups excluding carboxylic acids is 1. The van der Waals surface area contributed by atoms with Crippen LogP contribution in [0.25, 0.3) is 0 Å². The van der Waals surface area contributed by atoms with Crippen molar-refractivity contribution in [2.45, 2.75) is 13.3 Å². The molecule has 1 heterocycles. The van der Waals surface area contributed by atoms with Crippen LogP contribution in [0.3, 0.4) is 0 Å². The van der Waals surface area contributed by atoms with Gasteiger partial charge in [-0.05, 0) is 43.2 Å². The molecular weight excluding hydrogens is 354 g/mol. The number of guanidine groups is 1. The van der Waals surface area contributed by atoms with E-state index in [4.69, 9.17) is 4.74 Å². The van der Waals surface area contributed by atoms with Gasteiger partial charge in [-0.25, -0.2) is 0 Å². The molecule has 150 valence electrons. The van der Waals surface area contributed by atoms with Crippen molar-refractivity contribution in [1.82, 2.24) is 20.5 Å².